The molecule has 2 rings (SSSR count). The van der Waals surface area contributed by atoms with Crippen molar-refractivity contribution in [3.8, 4) is 0 Å². The molecule has 0 heterocycles. The zero-order chi connectivity index (χ0) is 14.8. The first-order valence-corrected chi connectivity index (χ1v) is 6.58. The summed E-state index contributed by atoms with van der Waals surface area (Å²) in [6.07, 6.45) is 3.83. The number of rotatable bonds is 4. The summed E-state index contributed by atoms with van der Waals surface area (Å²) in [5, 5.41) is 14.3. The van der Waals surface area contributed by atoms with Gasteiger partial charge in [0.2, 0.25) is 0 Å². The molecule has 0 saturated heterocycles. The minimum atomic E-state index is -1.37. The highest BCUT2D eigenvalue weighted by Gasteiger charge is 2.36. The molecule has 0 atom stereocenters. The molecule has 3 N–H and O–H groups in total. The van der Waals surface area contributed by atoms with Crippen LogP contribution in [0.4, 0.5) is 14.9 Å². The fourth-order valence-corrected chi connectivity index (χ4v) is 2.34. The SMILES string of the molecule is CCC1(NC(=O)Nc2ccc(F)c(C(=O)O)c2)CCC1. The average molecular weight is 280 g/mol. The molecule has 1 aliphatic carbocycles. The molecule has 0 unspecified atom stereocenters. The molecule has 0 bridgehead atoms. The van der Waals surface area contributed by atoms with E-state index in [1.54, 1.807) is 0 Å². The van der Waals surface area contributed by atoms with E-state index in [0.29, 0.717) is 0 Å². The van der Waals surface area contributed by atoms with Gasteiger partial charge in [0.25, 0.3) is 0 Å². The first-order valence-electron chi connectivity index (χ1n) is 6.58. The summed E-state index contributed by atoms with van der Waals surface area (Å²) in [4.78, 5) is 22.7. The standard InChI is InChI=1S/C14H17FN2O3/c1-2-14(6-3-7-14)17-13(20)16-9-4-5-11(15)10(8-9)12(18)19/h4-5,8H,2-3,6-7H2,1H3,(H,18,19)(H2,16,17,20). The summed E-state index contributed by atoms with van der Waals surface area (Å²) in [5.74, 6) is -2.19. The molecule has 5 nitrogen and oxygen atoms in total. The number of carboxylic acid groups (broad SMARTS) is 1. The van der Waals surface area contributed by atoms with Crippen LogP contribution in [0.5, 0.6) is 0 Å². The Bertz CT molecular complexity index is 536. The first-order chi connectivity index (χ1) is 9.46. The minimum Gasteiger partial charge on any atom is -0.478 e. The number of benzene rings is 1. The predicted octanol–water partition coefficient (Wildman–Crippen LogP) is 2.98. The van der Waals surface area contributed by atoms with Gasteiger partial charge < -0.3 is 15.7 Å². The van der Waals surface area contributed by atoms with Crippen LogP contribution in [0.25, 0.3) is 0 Å². The zero-order valence-electron chi connectivity index (χ0n) is 11.2. The number of hydrogen-bond donors (Lipinski definition) is 3. The zero-order valence-corrected chi connectivity index (χ0v) is 11.2. The number of aromatic carboxylic acids is 1. The van der Waals surface area contributed by atoms with Crippen molar-refractivity contribution in [2.75, 3.05) is 5.32 Å². The van der Waals surface area contributed by atoms with Crippen molar-refractivity contribution >= 4 is 17.7 Å². The van der Waals surface area contributed by atoms with E-state index in [-0.39, 0.29) is 11.2 Å². The third-order valence-electron chi connectivity index (χ3n) is 3.82. The summed E-state index contributed by atoms with van der Waals surface area (Å²) in [6, 6.07) is 3.07. The number of urea groups is 1. The Morgan fingerprint density at radius 3 is 2.60 bits per heavy atom. The molecule has 0 spiro atoms. The number of carbonyl (C=O) groups is 2. The van der Waals surface area contributed by atoms with Crippen LogP contribution >= 0.6 is 0 Å². The quantitative estimate of drug-likeness (QED) is 0.793. The van der Waals surface area contributed by atoms with Gasteiger partial charge in [0.15, 0.2) is 0 Å². The Kier molecular flexibility index (Phi) is 3.92. The van der Waals surface area contributed by atoms with E-state index in [0.717, 1.165) is 37.8 Å². The summed E-state index contributed by atoms with van der Waals surface area (Å²) in [5.41, 5.74) is -0.358. The van der Waals surface area contributed by atoms with Gasteiger partial charge in [-0.2, -0.15) is 0 Å². The van der Waals surface area contributed by atoms with Crippen molar-refractivity contribution in [3.05, 3.63) is 29.6 Å². The first kappa shape index (κ1) is 14.3. The Hall–Kier alpha value is -2.11. The van der Waals surface area contributed by atoms with Crippen LogP contribution in [0.3, 0.4) is 0 Å². The molecule has 1 aromatic rings. The van der Waals surface area contributed by atoms with E-state index in [2.05, 4.69) is 10.6 Å². The Labute approximate surface area is 116 Å². The van der Waals surface area contributed by atoms with Crippen LogP contribution < -0.4 is 10.6 Å². The largest absolute Gasteiger partial charge is 0.478 e. The number of anilines is 1. The average Bonchev–Trinajstić information content (AvgIpc) is 2.36. The molecule has 6 heteroatoms. The van der Waals surface area contributed by atoms with Crippen LogP contribution in [0.2, 0.25) is 0 Å². The molecular weight excluding hydrogens is 263 g/mol. The second-order valence-electron chi connectivity index (χ2n) is 5.07. The van der Waals surface area contributed by atoms with Gasteiger partial charge in [0.1, 0.15) is 5.82 Å². The van der Waals surface area contributed by atoms with E-state index in [1.807, 2.05) is 6.92 Å². The van der Waals surface area contributed by atoms with Crippen molar-refractivity contribution in [2.45, 2.75) is 38.1 Å². The smallest absolute Gasteiger partial charge is 0.338 e. The highest BCUT2D eigenvalue weighted by Crippen LogP contribution is 2.34. The van der Waals surface area contributed by atoms with Gasteiger partial charge in [-0.25, -0.2) is 14.0 Å². The third kappa shape index (κ3) is 2.89. The van der Waals surface area contributed by atoms with Crippen LogP contribution in [0, 0.1) is 5.82 Å². The van der Waals surface area contributed by atoms with Crippen molar-refractivity contribution in [2.24, 2.45) is 0 Å². The van der Waals surface area contributed by atoms with Crippen molar-refractivity contribution in [1.29, 1.82) is 0 Å². The topological polar surface area (TPSA) is 78.4 Å². The second-order valence-corrected chi connectivity index (χ2v) is 5.07. The van der Waals surface area contributed by atoms with Gasteiger partial charge in [0, 0.05) is 11.2 Å². The van der Waals surface area contributed by atoms with Crippen LogP contribution in [-0.4, -0.2) is 22.6 Å². The lowest BCUT2D eigenvalue weighted by atomic mass is 9.75. The lowest BCUT2D eigenvalue weighted by Gasteiger charge is -2.41. The van der Waals surface area contributed by atoms with Gasteiger partial charge in [-0.1, -0.05) is 6.92 Å². The highest BCUT2D eigenvalue weighted by atomic mass is 19.1. The Morgan fingerprint density at radius 2 is 2.10 bits per heavy atom. The molecule has 108 valence electrons. The number of amides is 2. The molecule has 1 aliphatic rings. The van der Waals surface area contributed by atoms with Gasteiger partial charge >= 0.3 is 12.0 Å². The number of halogens is 1. The summed E-state index contributed by atoms with van der Waals surface area (Å²) in [7, 11) is 0. The number of carboxylic acids is 1. The molecule has 2 amide bonds. The minimum absolute atomic E-state index is 0.153. The van der Waals surface area contributed by atoms with E-state index in [9.17, 15) is 14.0 Å². The highest BCUT2D eigenvalue weighted by molar-refractivity contribution is 5.93. The maximum absolute atomic E-state index is 13.2. The molecule has 1 aromatic carbocycles. The normalized spacial score (nSPS) is 16.1. The van der Waals surface area contributed by atoms with E-state index in [1.165, 1.54) is 6.07 Å². The van der Waals surface area contributed by atoms with E-state index in [4.69, 9.17) is 5.11 Å². The molecule has 0 radical (unpaired) electrons. The molecule has 1 fully saturated rings. The summed E-state index contributed by atoms with van der Waals surface area (Å²) >= 11 is 0. The van der Waals surface area contributed by atoms with Crippen molar-refractivity contribution < 1.29 is 19.1 Å². The van der Waals surface area contributed by atoms with Gasteiger partial charge in [-0.15, -0.1) is 0 Å². The number of hydrogen-bond acceptors (Lipinski definition) is 2. The van der Waals surface area contributed by atoms with Crippen LogP contribution in [-0.2, 0) is 0 Å². The lowest BCUT2D eigenvalue weighted by molar-refractivity contribution is 0.0692. The predicted molar refractivity (Wildman–Crippen MR) is 72.4 cm³/mol. The molecule has 1 saturated carbocycles. The summed E-state index contributed by atoms with van der Waals surface area (Å²) < 4.78 is 13.2. The number of carbonyl (C=O) groups excluding carboxylic acids is 1. The van der Waals surface area contributed by atoms with Crippen molar-refractivity contribution in [3.63, 3.8) is 0 Å². The van der Waals surface area contributed by atoms with Crippen LogP contribution in [0.15, 0.2) is 18.2 Å². The molecule has 20 heavy (non-hydrogen) atoms. The van der Waals surface area contributed by atoms with Gasteiger partial charge in [0.05, 0.1) is 5.56 Å². The van der Waals surface area contributed by atoms with E-state index < -0.39 is 23.4 Å². The third-order valence-corrected chi connectivity index (χ3v) is 3.82. The Morgan fingerprint density at radius 1 is 1.40 bits per heavy atom. The second kappa shape index (κ2) is 5.48. The monoisotopic (exact) mass is 280 g/mol. The summed E-state index contributed by atoms with van der Waals surface area (Å²) in [6.45, 7) is 2.01. The van der Waals surface area contributed by atoms with Crippen molar-refractivity contribution in [1.82, 2.24) is 5.32 Å². The van der Waals surface area contributed by atoms with E-state index >= 15 is 0 Å². The Balaban J connectivity index is 2.04. The van der Waals surface area contributed by atoms with Crippen LogP contribution in [0.1, 0.15) is 43.0 Å². The molecule has 0 aliphatic heterocycles. The number of nitrogens with one attached hydrogen (secondary N) is 2. The van der Waals surface area contributed by atoms with Gasteiger partial charge in [-0.3, -0.25) is 0 Å². The lowest BCUT2D eigenvalue weighted by Crippen LogP contribution is -2.54. The fourth-order valence-electron chi connectivity index (χ4n) is 2.34. The maximum Gasteiger partial charge on any atom is 0.338 e. The fraction of sp³-hybridized carbons (Fsp3) is 0.429. The van der Waals surface area contributed by atoms with Gasteiger partial charge in [-0.05, 0) is 43.9 Å². The molecule has 0 aromatic heterocycles. The maximum atomic E-state index is 13.2. The molecular formula is C14H17FN2O3.